The Morgan fingerprint density at radius 2 is 2.00 bits per heavy atom. The monoisotopic (exact) mass is 603 g/mol. The molecule has 12 heteroatoms. The maximum absolute atomic E-state index is 16.6. The van der Waals surface area contributed by atoms with Crippen LogP contribution >= 0.6 is 11.6 Å². The molecule has 0 aliphatic carbocycles. The van der Waals surface area contributed by atoms with Crippen LogP contribution in [-0.4, -0.2) is 70.0 Å². The molecule has 2 aliphatic rings. The molecule has 7 rings (SSSR count). The summed E-state index contributed by atoms with van der Waals surface area (Å²) in [5.74, 6) is 0.596. The highest BCUT2D eigenvalue weighted by Crippen LogP contribution is 2.46. The largest absolute Gasteiger partial charge is 0.497 e. The standard InChI is InChI=1S/C31H27ClFN5O5/c1-16-3-8-22-28(35-30(39)38(22)13-17-4-6-19(42-2)7-5-17)24(16)25-21(32)11-20-27(26(25)33)34-12-23-29(20)37-10-9-36(31(40)41)14-18(37)15-43-23/h3-8,11-12,18H,9-10,13-15H2,1-2H3,(H,35,39)(H,40,41)/t18-/m1/s1. The summed E-state index contributed by atoms with van der Waals surface area (Å²) in [6, 6.07) is 12.6. The van der Waals surface area contributed by atoms with Crippen LogP contribution in [0, 0.1) is 12.7 Å². The van der Waals surface area contributed by atoms with Crippen LogP contribution in [0.5, 0.6) is 11.5 Å². The van der Waals surface area contributed by atoms with E-state index in [1.807, 2.05) is 43.3 Å². The zero-order chi connectivity index (χ0) is 30.0. The molecule has 2 aromatic heterocycles. The Bertz CT molecular complexity index is 1990. The number of piperazine rings is 1. The van der Waals surface area contributed by atoms with Gasteiger partial charge in [0.25, 0.3) is 0 Å². The number of hydrogen-bond donors (Lipinski definition) is 2. The van der Waals surface area contributed by atoms with Crippen LogP contribution in [-0.2, 0) is 6.54 Å². The number of carboxylic acid groups (broad SMARTS) is 1. The number of aromatic nitrogens is 3. The number of ether oxygens (including phenoxy) is 2. The van der Waals surface area contributed by atoms with Crippen LogP contribution in [0.15, 0.2) is 53.5 Å². The molecule has 1 fully saturated rings. The van der Waals surface area contributed by atoms with Crippen LogP contribution in [0.3, 0.4) is 0 Å². The number of carbonyl (C=O) groups is 1. The van der Waals surface area contributed by atoms with Crippen LogP contribution in [0.25, 0.3) is 33.1 Å². The average Bonchev–Trinajstić information content (AvgIpc) is 3.32. The minimum absolute atomic E-state index is 0.111. The van der Waals surface area contributed by atoms with Crippen molar-refractivity contribution in [3.05, 3.63) is 81.1 Å². The zero-order valence-corrected chi connectivity index (χ0v) is 24.1. The fourth-order valence-corrected chi connectivity index (χ4v) is 6.53. The van der Waals surface area contributed by atoms with Gasteiger partial charge in [0.05, 0.1) is 47.6 Å². The topological polar surface area (TPSA) is 113 Å². The lowest BCUT2D eigenvalue weighted by molar-refractivity contribution is 0.123. The highest BCUT2D eigenvalue weighted by atomic mass is 35.5. The van der Waals surface area contributed by atoms with Crippen molar-refractivity contribution in [2.45, 2.75) is 19.5 Å². The first-order chi connectivity index (χ1) is 20.7. The number of nitrogens with one attached hydrogen (secondary N) is 1. The Hall–Kier alpha value is -4.77. The minimum Gasteiger partial charge on any atom is -0.497 e. The van der Waals surface area contributed by atoms with Gasteiger partial charge in [0, 0.05) is 36.1 Å². The highest BCUT2D eigenvalue weighted by Gasteiger charge is 2.36. The lowest BCUT2D eigenvalue weighted by Gasteiger charge is -2.45. The molecule has 5 aromatic rings. The number of halogens is 2. The number of H-pyrrole nitrogens is 1. The number of rotatable bonds is 4. The van der Waals surface area contributed by atoms with E-state index < -0.39 is 11.9 Å². The number of methoxy groups -OCH3 is 1. The number of benzene rings is 3. The number of anilines is 1. The second-order valence-corrected chi connectivity index (χ2v) is 11.2. The lowest BCUT2D eigenvalue weighted by Crippen LogP contribution is -2.58. The Labute approximate surface area is 249 Å². The van der Waals surface area contributed by atoms with Crippen molar-refractivity contribution in [2.24, 2.45) is 0 Å². The first-order valence-electron chi connectivity index (χ1n) is 13.8. The highest BCUT2D eigenvalue weighted by molar-refractivity contribution is 6.35. The molecule has 1 saturated heterocycles. The molecule has 3 aromatic carbocycles. The maximum Gasteiger partial charge on any atom is 0.407 e. The normalized spacial score (nSPS) is 16.2. The molecule has 1 amide bonds. The van der Waals surface area contributed by atoms with Gasteiger partial charge in [0.2, 0.25) is 0 Å². The van der Waals surface area contributed by atoms with Gasteiger partial charge in [-0.05, 0) is 42.3 Å². The number of nitrogens with zero attached hydrogens (tertiary/aromatic N) is 4. The summed E-state index contributed by atoms with van der Waals surface area (Å²) in [5, 5.41) is 10.1. The van der Waals surface area contributed by atoms with Gasteiger partial charge in [-0.3, -0.25) is 4.57 Å². The molecule has 1 atom stereocenters. The van der Waals surface area contributed by atoms with Gasteiger partial charge in [0.1, 0.15) is 17.9 Å². The van der Waals surface area contributed by atoms with Gasteiger partial charge in [0.15, 0.2) is 11.6 Å². The molecule has 220 valence electrons. The van der Waals surface area contributed by atoms with Gasteiger partial charge in [-0.1, -0.05) is 29.8 Å². The second-order valence-electron chi connectivity index (χ2n) is 10.8. The molecular weight excluding hydrogens is 577 g/mol. The number of fused-ring (bicyclic) bond motifs is 6. The lowest BCUT2D eigenvalue weighted by atomic mass is 9.95. The van der Waals surface area contributed by atoms with E-state index in [1.54, 1.807) is 17.7 Å². The van der Waals surface area contributed by atoms with Crippen LogP contribution in [0.1, 0.15) is 11.1 Å². The molecule has 0 unspecified atom stereocenters. The van der Waals surface area contributed by atoms with Crippen molar-refractivity contribution in [1.29, 1.82) is 0 Å². The third-order valence-corrected chi connectivity index (χ3v) is 8.67. The summed E-state index contributed by atoms with van der Waals surface area (Å²) in [4.78, 5) is 35.5. The summed E-state index contributed by atoms with van der Waals surface area (Å²) >= 11 is 6.88. The predicted molar refractivity (Wildman–Crippen MR) is 161 cm³/mol. The van der Waals surface area contributed by atoms with E-state index in [-0.39, 0.29) is 34.4 Å². The van der Waals surface area contributed by atoms with Gasteiger partial charge in [-0.15, -0.1) is 0 Å². The van der Waals surface area contributed by atoms with Crippen LogP contribution < -0.4 is 20.1 Å². The molecule has 0 radical (unpaired) electrons. The Morgan fingerprint density at radius 1 is 1.21 bits per heavy atom. The fourth-order valence-electron chi connectivity index (χ4n) is 6.24. The van der Waals surface area contributed by atoms with Crippen LogP contribution in [0.2, 0.25) is 5.02 Å². The van der Waals surface area contributed by atoms with Crippen molar-refractivity contribution in [2.75, 3.05) is 38.3 Å². The number of aryl methyl sites for hydroxylation is 1. The Balaban J connectivity index is 1.35. The van der Waals surface area contributed by atoms with E-state index in [4.69, 9.17) is 21.1 Å². The van der Waals surface area contributed by atoms with E-state index in [0.717, 1.165) is 11.1 Å². The number of hydrogen-bond acceptors (Lipinski definition) is 6. The van der Waals surface area contributed by atoms with E-state index in [2.05, 4.69) is 14.9 Å². The van der Waals surface area contributed by atoms with Crippen molar-refractivity contribution in [3.8, 4) is 22.6 Å². The van der Waals surface area contributed by atoms with Crippen LogP contribution in [0.4, 0.5) is 14.9 Å². The summed E-state index contributed by atoms with van der Waals surface area (Å²) in [6.07, 6.45) is 0.517. The second kappa shape index (κ2) is 10.2. The van der Waals surface area contributed by atoms with Crippen molar-refractivity contribution in [3.63, 3.8) is 0 Å². The van der Waals surface area contributed by atoms with E-state index in [1.165, 1.54) is 11.1 Å². The molecular formula is C31H27ClFN5O5. The summed E-state index contributed by atoms with van der Waals surface area (Å²) in [5.41, 5.74) is 3.78. The fraction of sp³-hybridized carbons (Fsp3) is 0.258. The van der Waals surface area contributed by atoms with Gasteiger partial charge >= 0.3 is 11.8 Å². The summed E-state index contributed by atoms with van der Waals surface area (Å²) < 4.78 is 29.4. The van der Waals surface area contributed by atoms with Gasteiger partial charge < -0.3 is 29.4 Å². The minimum atomic E-state index is -0.982. The first-order valence-corrected chi connectivity index (χ1v) is 14.2. The summed E-state index contributed by atoms with van der Waals surface area (Å²) in [6.45, 7) is 3.45. The van der Waals surface area contributed by atoms with Gasteiger partial charge in [-0.25, -0.2) is 19.0 Å². The maximum atomic E-state index is 16.6. The van der Waals surface area contributed by atoms with E-state index in [0.29, 0.717) is 65.4 Å². The third-order valence-electron chi connectivity index (χ3n) is 8.37. The van der Waals surface area contributed by atoms with E-state index >= 15 is 4.39 Å². The molecule has 4 heterocycles. The van der Waals surface area contributed by atoms with E-state index in [9.17, 15) is 14.7 Å². The Morgan fingerprint density at radius 3 is 2.74 bits per heavy atom. The summed E-state index contributed by atoms with van der Waals surface area (Å²) in [7, 11) is 1.59. The quantitative estimate of drug-likeness (QED) is 0.288. The third kappa shape index (κ3) is 4.34. The Kier molecular flexibility index (Phi) is 6.42. The molecule has 0 bridgehead atoms. The molecule has 2 N–H and O–H groups in total. The SMILES string of the molecule is COc1ccc(Cn2c(=O)[nH]c3c(-c4c(Cl)cc5c6c(cnc5c4F)OC[C@H]4CN(C(=O)O)CCN64)c(C)ccc32)cc1. The first kappa shape index (κ1) is 27.1. The number of imidazole rings is 1. The predicted octanol–water partition coefficient (Wildman–Crippen LogP) is 5.26. The number of amides is 1. The molecule has 10 nitrogen and oxygen atoms in total. The van der Waals surface area contributed by atoms with Crippen molar-refractivity contribution in [1.82, 2.24) is 19.4 Å². The number of aromatic amines is 1. The van der Waals surface area contributed by atoms with Gasteiger partial charge in [-0.2, -0.15) is 0 Å². The molecule has 0 saturated carbocycles. The molecule has 43 heavy (non-hydrogen) atoms. The molecule has 0 spiro atoms. The number of pyridine rings is 1. The smallest absolute Gasteiger partial charge is 0.407 e. The van der Waals surface area contributed by atoms with Crippen molar-refractivity contribution >= 4 is 45.3 Å². The molecule has 2 aliphatic heterocycles. The van der Waals surface area contributed by atoms with Crippen molar-refractivity contribution < 1.29 is 23.8 Å². The average molecular weight is 604 g/mol. The zero-order valence-electron chi connectivity index (χ0n) is 23.4.